The normalized spacial score (nSPS) is 12.0. The summed E-state index contributed by atoms with van der Waals surface area (Å²) in [6, 6.07) is 20.8. The monoisotopic (exact) mass is 465 g/mol. The molecular formula is C31H35N3O. The molecule has 4 rings (SSSR count). The number of nitrogens with zero attached hydrogens (tertiary/aromatic N) is 2. The quantitative estimate of drug-likeness (QED) is 0.286. The Kier molecular flexibility index (Phi) is 7.91. The molecule has 2 heterocycles. The van der Waals surface area contributed by atoms with Gasteiger partial charge in [0.05, 0.1) is 17.6 Å². The minimum absolute atomic E-state index is 0.0712. The number of amides is 1. The van der Waals surface area contributed by atoms with Gasteiger partial charge in [0.1, 0.15) is 0 Å². The van der Waals surface area contributed by atoms with Crippen molar-refractivity contribution in [3.05, 3.63) is 94.8 Å². The Hall–Kier alpha value is -3.53. The number of aryl methyl sites for hydroxylation is 3. The summed E-state index contributed by atoms with van der Waals surface area (Å²) in [7, 11) is 0. The number of fused-ring (bicyclic) bond motifs is 1. The van der Waals surface area contributed by atoms with Crippen molar-refractivity contribution in [3.8, 4) is 11.3 Å². The van der Waals surface area contributed by atoms with Crippen molar-refractivity contribution in [2.24, 2.45) is 5.92 Å². The molecule has 0 saturated carbocycles. The molecule has 1 N–H and O–H groups in total. The Balaban J connectivity index is 1.26. The highest BCUT2D eigenvalue weighted by molar-refractivity contribution is 5.85. The topological polar surface area (TPSA) is 54.9 Å². The second-order valence-electron chi connectivity index (χ2n) is 9.77. The first-order valence-electron chi connectivity index (χ1n) is 12.5. The molecule has 0 saturated heterocycles. The van der Waals surface area contributed by atoms with Gasteiger partial charge < -0.3 is 5.32 Å². The van der Waals surface area contributed by atoms with Crippen molar-refractivity contribution in [1.82, 2.24) is 15.3 Å². The number of aromatic nitrogens is 2. The van der Waals surface area contributed by atoms with Crippen LogP contribution in [0.4, 0.5) is 0 Å². The number of pyridine rings is 2. The molecule has 1 unspecified atom stereocenters. The van der Waals surface area contributed by atoms with Gasteiger partial charge in [0.15, 0.2) is 0 Å². The van der Waals surface area contributed by atoms with E-state index in [1.807, 2.05) is 37.3 Å². The fourth-order valence-electron chi connectivity index (χ4n) is 4.67. The van der Waals surface area contributed by atoms with Crippen molar-refractivity contribution in [2.45, 2.75) is 53.4 Å². The summed E-state index contributed by atoms with van der Waals surface area (Å²) >= 11 is 0. The summed E-state index contributed by atoms with van der Waals surface area (Å²) in [4.78, 5) is 21.7. The van der Waals surface area contributed by atoms with Gasteiger partial charge >= 0.3 is 0 Å². The summed E-state index contributed by atoms with van der Waals surface area (Å²) in [5.41, 5.74) is 8.97. The van der Waals surface area contributed by atoms with Crippen LogP contribution in [0.15, 0.2) is 66.9 Å². The molecule has 0 spiro atoms. The summed E-state index contributed by atoms with van der Waals surface area (Å²) in [6.07, 6.45) is 5.37. The first-order valence-corrected chi connectivity index (χ1v) is 12.5. The second-order valence-corrected chi connectivity index (χ2v) is 9.77. The molecule has 0 aliphatic heterocycles. The summed E-state index contributed by atoms with van der Waals surface area (Å²) in [5.74, 6) is 0.670. The van der Waals surface area contributed by atoms with Crippen LogP contribution in [-0.2, 0) is 17.6 Å². The lowest BCUT2D eigenvalue weighted by atomic mass is 9.93. The molecule has 0 fully saturated rings. The molecule has 1 atom stereocenters. The van der Waals surface area contributed by atoms with Crippen molar-refractivity contribution in [3.63, 3.8) is 0 Å². The number of carbonyl (C=O) groups is 1. The van der Waals surface area contributed by atoms with Crippen LogP contribution in [0.3, 0.4) is 0 Å². The molecule has 1 amide bonds. The maximum absolute atomic E-state index is 12.5. The van der Waals surface area contributed by atoms with Gasteiger partial charge in [-0.1, -0.05) is 42.8 Å². The van der Waals surface area contributed by atoms with Crippen molar-refractivity contribution >= 4 is 16.8 Å². The first-order chi connectivity index (χ1) is 16.9. The molecule has 180 valence electrons. The van der Waals surface area contributed by atoms with Gasteiger partial charge in [0.25, 0.3) is 0 Å². The minimum atomic E-state index is 0.0712. The van der Waals surface area contributed by atoms with Crippen LogP contribution in [0.2, 0.25) is 0 Å². The van der Waals surface area contributed by atoms with Gasteiger partial charge in [-0.05, 0) is 93.0 Å². The number of benzene rings is 2. The third-order valence-corrected chi connectivity index (χ3v) is 6.66. The SMILES string of the molecule is Cc1ccc(CC(C)CCCNC(=O)Cc2ccc3nc(-c4cccnc4C)ccc3c2)c(C)c1. The maximum Gasteiger partial charge on any atom is 0.224 e. The lowest BCUT2D eigenvalue weighted by Gasteiger charge is -2.14. The molecule has 0 radical (unpaired) electrons. The van der Waals surface area contributed by atoms with E-state index in [-0.39, 0.29) is 5.91 Å². The lowest BCUT2D eigenvalue weighted by Crippen LogP contribution is -2.26. The number of hydrogen-bond acceptors (Lipinski definition) is 3. The van der Waals surface area contributed by atoms with Gasteiger partial charge in [0.2, 0.25) is 5.91 Å². The zero-order valence-electron chi connectivity index (χ0n) is 21.3. The van der Waals surface area contributed by atoms with E-state index in [1.165, 1.54) is 16.7 Å². The number of rotatable bonds is 9. The Morgan fingerprint density at radius 3 is 2.66 bits per heavy atom. The van der Waals surface area contributed by atoms with Crippen LogP contribution < -0.4 is 5.32 Å². The van der Waals surface area contributed by atoms with E-state index in [9.17, 15) is 4.79 Å². The third-order valence-electron chi connectivity index (χ3n) is 6.66. The average molecular weight is 466 g/mol. The minimum Gasteiger partial charge on any atom is -0.356 e. The fraction of sp³-hybridized carbons (Fsp3) is 0.323. The highest BCUT2D eigenvalue weighted by atomic mass is 16.1. The summed E-state index contributed by atoms with van der Waals surface area (Å²) in [6.45, 7) is 9.34. The Morgan fingerprint density at radius 2 is 1.86 bits per heavy atom. The largest absolute Gasteiger partial charge is 0.356 e. The van der Waals surface area contributed by atoms with Crippen molar-refractivity contribution in [1.29, 1.82) is 0 Å². The number of hydrogen-bond donors (Lipinski definition) is 1. The van der Waals surface area contributed by atoms with Crippen LogP contribution in [-0.4, -0.2) is 22.4 Å². The maximum atomic E-state index is 12.5. The molecule has 0 bridgehead atoms. The van der Waals surface area contributed by atoms with Crippen molar-refractivity contribution in [2.75, 3.05) is 6.54 Å². The zero-order chi connectivity index (χ0) is 24.8. The molecule has 2 aromatic carbocycles. The molecule has 4 nitrogen and oxygen atoms in total. The van der Waals surface area contributed by atoms with E-state index < -0.39 is 0 Å². The molecule has 4 aromatic rings. The van der Waals surface area contributed by atoms with Crippen LogP contribution in [0.25, 0.3) is 22.2 Å². The smallest absolute Gasteiger partial charge is 0.224 e. The summed E-state index contributed by atoms with van der Waals surface area (Å²) in [5, 5.41) is 4.14. The lowest BCUT2D eigenvalue weighted by molar-refractivity contribution is -0.120. The van der Waals surface area contributed by atoms with Gasteiger partial charge in [-0.25, -0.2) is 4.98 Å². The predicted molar refractivity (Wildman–Crippen MR) is 144 cm³/mol. The Bertz CT molecular complexity index is 1330. The van der Waals surface area contributed by atoms with E-state index in [2.05, 4.69) is 61.4 Å². The molecule has 0 aliphatic carbocycles. The Morgan fingerprint density at radius 1 is 1.00 bits per heavy atom. The van der Waals surface area contributed by atoms with E-state index in [0.29, 0.717) is 12.3 Å². The van der Waals surface area contributed by atoms with E-state index in [1.54, 1.807) is 6.20 Å². The molecular weight excluding hydrogens is 430 g/mol. The standard InChI is InChI=1S/C31H35N3O/c1-21(18-26-11-9-22(2)17-23(26)3)7-5-16-33-31(35)20-25-10-13-29-27(19-25)12-14-30(34-29)28-8-6-15-32-24(28)4/h6,8-15,17,19,21H,5,7,16,18,20H2,1-4H3,(H,33,35). The van der Waals surface area contributed by atoms with E-state index >= 15 is 0 Å². The van der Waals surface area contributed by atoms with Crippen LogP contribution in [0, 0.1) is 26.7 Å². The molecule has 0 aliphatic rings. The zero-order valence-corrected chi connectivity index (χ0v) is 21.3. The fourth-order valence-corrected chi connectivity index (χ4v) is 4.67. The molecule has 2 aromatic heterocycles. The van der Waals surface area contributed by atoms with Crippen molar-refractivity contribution < 1.29 is 4.79 Å². The highest BCUT2D eigenvalue weighted by Crippen LogP contribution is 2.23. The van der Waals surface area contributed by atoms with Crippen LogP contribution >= 0.6 is 0 Å². The third kappa shape index (κ3) is 6.54. The first kappa shape index (κ1) is 24.6. The Labute approximate surface area is 208 Å². The van der Waals surface area contributed by atoms with Gasteiger partial charge in [-0.3, -0.25) is 9.78 Å². The highest BCUT2D eigenvalue weighted by Gasteiger charge is 2.09. The predicted octanol–water partition coefficient (Wildman–Crippen LogP) is 6.54. The number of nitrogens with one attached hydrogen (secondary N) is 1. The van der Waals surface area contributed by atoms with Crippen LogP contribution in [0.5, 0.6) is 0 Å². The second kappa shape index (κ2) is 11.3. The van der Waals surface area contributed by atoms with Gasteiger partial charge in [0, 0.05) is 29.4 Å². The van der Waals surface area contributed by atoms with E-state index in [4.69, 9.17) is 4.98 Å². The molecule has 35 heavy (non-hydrogen) atoms. The summed E-state index contributed by atoms with van der Waals surface area (Å²) < 4.78 is 0. The van der Waals surface area contributed by atoms with E-state index in [0.717, 1.165) is 59.2 Å². The van der Waals surface area contributed by atoms with Crippen LogP contribution in [0.1, 0.15) is 47.7 Å². The van der Waals surface area contributed by atoms with Gasteiger partial charge in [-0.2, -0.15) is 0 Å². The average Bonchev–Trinajstić information content (AvgIpc) is 2.84. The molecule has 4 heteroatoms. The van der Waals surface area contributed by atoms with Gasteiger partial charge in [-0.15, -0.1) is 0 Å². The number of carbonyl (C=O) groups excluding carboxylic acids is 1.